The Morgan fingerprint density at radius 2 is 2.26 bits per heavy atom. The molecule has 0 saturated carbocycles. The number of hydrogen-bond acceptors (Lipinski definition) is 5. The number of carbonyl (C=O) groups excluding carboxylic acids is 1. The van der Waals surface area contributed by atoms with Crippen molar-refractivity contribution in [3.8, 4) is 11.3 Å². The van der Waals surface area contributed by atoms with Gasteiger partial charge in [0.15, 0.2) is 0 Å². The molecule has 3 rings (SSSR count). The summed E-state index contributed by atoms with van der Waals surface area (Å²) in [4.78, 5) is 11.6. The van der Waals surface area contributed by atoms with Crippen LogP contribution >= 0.6 is 11.3 Å². The fourth-order valence-electron chi connectivity index (χ4n) is 1.62. The van der Waals surface area contributed by atoms with Crippen LogP contribution in [0.2, 0.25) is 0 Å². The third kappa shape index (κ3) is 2.58. The van der Waals surface area contributed by atoms with Gasteiger partial charge in [-0.1, -0.05) is 5.16 Å². The summed E-state index contributed by atoms with van der Waals surface area (Å²) in [7, 11) is 0. The van der Waals surface area contributed by atoms with Gasteiger partial charge in [-0.15, -0.1) is 0 Å². The van der Waals surface area contributed by atoms with Gasteiger partial charge in [-0.05, 0) is 23.6 Å². The van der Waals surface area contributed by atoms with Crippen molar-refractivity contribution in [3.63, 3.8) is 0 Å². The Balaban J connectivity index is 1.63. The molecule has 3 aromatic heterocycles. The summed E-state index contributed by atoms with van der Waals surface area (Å²) in [5, 5.41) is 10.2. The van der Waals surface area contributed by atoms with Crippen molar-refractivity contribution in [2.24, 2.45) is 0 Å². The van der Waals surface area contributed by atoms with E-state index in [4.69, 9.17) is 8.94 Å². The first-order valence-corrected chi connectivity index (χ1v) is 6.57. The van der Waals surface area contributed by atoms with Gasteiger partial charge in [0.05, 0.1) is 12.7 Å². The van der Waals surface area contributed by atoms with Crippen LogP contribution in [-0.2, 0) is 6.54 Å². The Morgan fingerprint density at radius 1 is 1.32 bits per heavy atom. The number of furan rings is 1. The third-order valence-electron chi connectivity index (χ3n) is 2.55. The van der Waals surface area contributed by atoms with Crippen LogP contribution in [0.4, 0.5) is 0 Å². The largest absolute Gasteiger partial charge is 0.459 e. The van der Waals surface area contributed by atoms with Gasteiger partial charge in [0.1, 0.15) is 11.5 Å². The molecular formula is C13H10N2O3S. The van der Waals surface area contributed by atoms with Gasteiger partial charge in [-0.3, -0.25) is 4.79 Å². The highest BCUT2D eigenvalue weighted by atomic mass is 32.1. The maximum atomic E-state index is 11.6. The van der Waals surface area contributed by atoms with Crippen LogP contribution in [0.3, 0.4) is 0 Å². The quantitative estimate of drug-likeness (QED) is 0.794. The molecule has 1 amide bonds. The molecule has 5 nitrogen and oxygen atoms in total. The standard InChI is InChI=1S/C13H10N2O3S/c16-13(12-3-5-15-18-12)14-7-10-1-2-11(17-10)9-4-6-19-8-9/h1-6,8H,7H2,(H,14,16). The molecule has 6 heteroatoms. The molecule has 0 saturated heterocycles. The number of rotatable bonds is 4. The lowest BCUT2D eigenvalue weighted by Gasteiger charge is -1.99. The minimum Gasteiger partial charge on any atom is -0.459 e. The molecular weight excluding hydrogens is 264 g/mol. The first-order chi connectivity index (χ1) is 9.33. The van der Waals surface area contributed by atoms with E-state index in [1.807, 2.05) is 29.0 Å². The van der Waals surface area contributed by atoms with Crippen LogP contribution in [0.5, 0.6) is 0 Å². The monoisotopic (exact) mass is 274 g/mol. The molecule has 19 heavy (non-hydrogen) atoms. The van der Waals surface area contributed by atoms with E-state index < -0.39 is 0 Å². The molecule has 0 aromatic carbocycles. The van der Waals surface area contributed by atoms with Crippen molar-refractivity contribution in [2.45, 2.75) is 6.54 Å². The zero-order valence-corrected chi connectivity index (χ0v) is 10.6. The molecule has 0 aliphatic rings. The van der Waals surface area contributed by atoms with Crippen molar-refractivity contribution in [1.82, 2.24) is 10.5 Å². The average Bonchev–Trinajstić information content (AvgIpc) is 3.14. The van der Waals surface area contributed by atoms with Gasteiger partial charge >= 0.3 is 0 Å². The van der Waals surface area contributed by atoms with Gasteiger partial charge in [-0.2, -0.15) is 11.3 Å². The number of aromatic nitrogens is 1. The fraction of sp³-hybridized carbons (Fsp3) is 0.0769. The first-order valence-electron chi connectivity index (χ1n) is 5.63. The second-order valence-electron chi connectivity index (χ2n) is 3.84. The van der Waals surface area contributed by atoms with E-state index >= 15 is 0 Å². The van der Waals surface area contributed by atoms with Crippen molar-refractivity contribution < 1.29 is 13.7 Å². The summed E-state index contributed by atoms with van der Waals surface area (Å²) in [5.41, 5.74) is 1.04. The van der Waals surface area contributed by atoms with Gasteiger partial charge in [0.2, 0.25) is 5.76 Å². The minimum absolute atomic E-state index is 0.185. The Morgan fingerprint density at radius 3 is 3.00 bits per heavy atom. The van der Waals surface area contributed by atoms with E-state index in [9.17, 15) is 4.79 Å². The molecule has 0 spiro atoms. The van der Waals surface area contributed by atoms with E-state index in [0.29, 0.717) is 12.3 Å². The van der Waals surface area contributed by atoms with Crippen LogP contribution < -0.4 is 5.32 Å². The number of nitrogens with zero attached hydrogens (tertiary/aromatic N) is 1. The van der Waals surface area contributed by atoms with E-state index in [2.05, 4.69) is 10.5 Å². The summed E-state index contributed by atoms with van der Waals surface area (Å²) in [5.74, 6) is 1.36. The van der Waals surface area contributed by atoms with Crippen molar-refractivity contribution in [3.05, 3.63) is 52.7 Å². The fourth-order valence-corrected chi connectivity index (χ4v) is 2.27. The van der Waals surface area contributed by atoms with Crippen LogP contribution in [0.1, 0.15) is 16.3 Å². The van der Waals surface area contributed by atoms with Gasteiger partial charge in [-0.25, -0.2) is 0 Å². The van der Waals surface area contributed by atoms with E-state index in [0.717, 1.165) is 11.3 Å². The highest BCUT2D eigenvalue weighted by molar-refractivity contribution is 7.08. The predicted molar refractivity (Wildman–Crippen MR) is 69.7 cm³/mol. The van der Waals surface area contributed by atoms with Crippen molar-refractivity contribution >= 4 is 17.2 Å². The Bertz CT molecular complexity index is 656. The lowest BCUT2D eigenvalue weighted by molar-refractivity contribution is 0.0911. The predicted octanol–water partition coefficient (Wildman–Crippen LogP) is 2.93. The van der Waals surface area contributed by atoms with Gasteiger partial charge in [0, 0.05) is 17.0 Å². The zero-order valence-electron chi connectivity index (χ0n) is 9.83. The lowest BCUT2D eigenvalue weighted by Crippen LogP contribution is -2.21. The average molecular weight is 274 g/mol. The molecule has 3 heterocycles. The van der Waals surface area contributed by atoms with E-state index in [1.165, 1.54) is 12.3 Å². The highest BCUT2D eigenvalue weighted by Crippen LogP contribution is 2.24. The molecule has 0 radical (unpaired) electrons. The van der Waals surface area contributed by atoms with Crippen LogP contribution in [0.15, 0.2) is 50.2 Å². The summed E-state index contributed by atoms with van der Waals surface area (Å²) in [6.07, 6.45) is 1.43. The normalized spacial score (nSPS) is 10.5. The second-order valence-corrected chi connectivity index (χ2v) is 4.62. The number of amides is 1. The Kier molecular flexibility index (Phi) is 3.16. The summed E-state index contributed by atoms with van der Waals surface area (Å²) >= 11 is 1.61. The summed E-state index contributed by atoms with van der Waals surface area (Å²) in [6, 6.07) is 7.22. The number of nitrogens with one attached hydrogen (secondary N) is 1. The molecule has 96 valence electrons. The number of carbonyl (C=O) groups is 1. The first kappa shape index (κ1) is 11.7. The lowest BCUT2D eigenvalue weighted by atomic mass is 10.3. The second kappa shape index (κ2) is 5.11. The Labute approximate surface area is 112 Å². The highest BCUT2D eigenvalue weighted by Gasteiger charge is 2.10. The van der Waals surface area contributed by atoms with Crippen LogP contribution in [0, 0.1) is 0 Å². The van der Waals surface area contributed by atoms with E-state index in [-0.39, 0.29) is 11.7 Å². The maximum Gasteiger partial charge on any atom is 0.290 e. The number of hydrogen-bond donors (Lipinski definition) is 1. The zero-order chi connectivity index (χ0) is 13.1. The smallest absolute Gasteiger partial charge is 0.290 e. The molecule has 0 atom stereocenters. The van der Waals surface area contributed by atoms with Gasteiger partial charge in [0.25, 0.3) is 5.91 Å². The van der Waals surface area contributed by atoms with Crippen LogP contribution in [-0.4, -0.2) is 11.1 Å². The SMILES string of the molecule is O=C(NCc1ccc(-c2ccsc2)o1)c1ccno1. The van der Waals surface area contributed by atoms with E-state index in [1.54, 1.807) is 11.3 Å². The topological polar surface area (TPSA) is 68.3 Å². The molecule has 1 N–H and O–H groups in total. The number of thiophene rings is 1. The third-order valence-corrected chi connectivity index (χ3v) is 3.24. The minimum atomic E-state index is -0.314. The van der Waals surface area contributed by atoms with Crippen LogP contribution in [0.25, 0.3) is 11.3 Å². The molecule has 0 fully saturated rings. The summed E-state index contributed by atoms with van der Waals surface area (Å²) in [6.45, 7) is 0.309. The molecule has 0 aliphatic heterocycles. The Hall–Kier alpha value is -2.34. The summed E-state index contributed by atoms with van der Waals surface area (Å²) < 4.78 is 10.4. The maximum absolute atomic E-state index is 11.6. The molecule has 0 aliphatic carbocycles. The molecule has 0 unspecified atom stereocenters. The van der Waals surface area contributed by atoms with Crippen molar-refractivity contribution in [2.75, 3.05) is 0 Å². The molecule has 0 bridgehead atoms. The van der Waals surface area contributed by atoms with Gasteiger partial charge < -0.3 is 14.3 Å². The van der Waals surface area contributed by atoms with Crippen molar-refractivity contribution in [1.29, 1.82) is 0 Å². The molecule has 3 aromatic rings.